The van der Waals surface area contributed by atoms with E-state index in [-0.39, 0.29) is 22.5 Å². The van der Waals surface area contributed by atoms with Crippen molar-refractivity contribution < 1.29 is 17.6 Å². The van der Waals surface area contributed by atoms with Crippen molar-refractivity contribution in [2.24, 2.45) is 0 Å². The maximum absolute atomic E-state index is 12.9. The molecule has 0 aliphatic rings. The van der Waals surface area contributed by atoms with Gasteiger partial charge in [0, 0.05) is 0 Å². The number of aromatic nitrogens is 4. The molecule has 0 unspecified atom stereocenters. The van der Waals surface area contributed by atoms with Crippen molar-refractivity contribution in [3.63, 3.8) is 0 Å². The fraction of sp³-hybridized carbons (Fsp3) is 0.0909. The molecule has 104 valence electrons. The van der Waals surface area contributed by atoms with E-state index in [1.54, 1.807) is 0 Å². The van der Waals surface area contributed by atoms with E-state index < -0.39 is 17.7 Å². The van der Waals surface area contributed by atoms with Gasteiger partial charge in [0.15, 0.2) is 11.3 Å². The Morgan fingerprint density at radius 3 is 2.40 bits per heavy atom. The van der Waals surface area contributed by atoms with Gasteiger partial charge in [0.05, 0.1) is 11.1 Å². The minimum Gasteiger partial charge on any atom is -0.383 e. The molecule has 3 aromatic rings. The van der Waals surface area contributed by atoms with Crippen LogP contribution in [0.15, 0.2) is 24.3 Å². The third-order valence-electron chi connectivity index (χ3n) is 2.75. The van der Waals surface area contributed by atoms with Crippen LogP contribution in [0.3, 0.4) is 0 Å². The zero-order valence-electron chi connectivity index (χ0n) is 9.74. The minimum atomic E-state index is -4.67. The van der Waals surface area contributed by atoms with Crippen molar-refractivity contribution in [1.82, 2.24) is 20.0 Å². The van der Waals surface area contributed by atoms with Gasteiger partial charge >= 0.3 is 6.18 Å². The highest BCUT2D eigenvalue weighted by atomic mass is 19.4. The number of nitrogens with two attached hydrogens (primary N) is 1. The molecule has 0 atom stereocenters. The topological polar surface area (TPSA) is 72.5 Å². The number of alkyl halides is 3. The van der Waals surface area contributed by atoms with Crippen molar-refractivity contribution in [3.05, 3.63) is 35.8 Å². The molecule has 0 fully saturated rings. The van der Waals surface area contributed by atoms with Crippen LogP contribution in [0.4, 0.5) is 23.4 Å². The average Bonchev–Trinajstić information content (AvgIpc) is 2.91. The Labute approximate surface area is 109 Å². The van der Waals surface area contributed by atoms with Crippen LogP contribution in [-0.2, 0) is 6.18 Å². The number of nitrogens with zero attached hydrogens (tertiary/aromatic N) is 3. The number of benzene rings is 1. The normalized spacial score (nSPS) is 12.2. The number of fused-ring (bicyclic) bond motifs is 1. The molecule has 0 saturated carbocycles. The lowest BCUT2D eigenvalue weighted by atomic mass is 10.3. The number of aromatic amines is 1. The first kappa shape index (κ1) is 12.5. The molecule has 0 bridgehead atoms. The Kier molecular flexibility index (Phi) is 2.46. The summed E-state index contributed by atoms with van der Waals surface area (Å²) in [6.07, 6.45) is -4.67. The van der Waals surface area contributed by atoms with Crippen molar-refractivity contribution in [2.45, 2.75) is 6.18 Å². The molecule has 0 aliphatic heterocycles. The first-order valence-electron chi connectivity index (χ1n) is 5.43. The lowest BCUT2D eigenvalue weighted by molar-refractivity contribution is -0.140. The molecule has 20 heavy (non-hydrogen) atoms. The largest absolute Gasteiger partial charge is 0.436 e. The van der Waals surface area contributed by atoms with Crippen LogP contribution in [0, 0.1) is 5.82 Å². The van der Waals surface area contributed by atoms with Crippen molar-refractivity contribution in [1.29, 1.82) is 0 Å². The molecule has 0 saturated heterocycles. The van der Waals surface area contributed by atoms with E-state index in [0.717, 1.165) is 16.8 Å². The summed E-state index contributed by atoms with van der Waals surface area (Å²) < 4.78 is 52.6. The molecular formula is C11H7F4N5. The summed E-state index contributed by atoms with van der Waals surface area (Å²) in [5, 5.41) is 9.18. The lowest BCUT2D eigenvalue weighted by Crippen LogP contribution is -2.08. The summed E-state index contributed by atoms with van der Waals surface area (Å²) in [7, 11) is 0. The fourth-order valence-corrected chi connectivity index (χ4v) is 1.89. The van der Waals surface area contributed by atoms with Gasteiger partial charge < -0.3 is 5.73 Å². The summed E-state index contributed by atoms with van der Waals surface area (Å²) in [5.74, 6) is -0.726. The maximum Gasteiger partial charge on any atom is 0.436 e. The molecular weight excluding hydrogens is 278 g/mol. The van der Waals surface area contributed by atoms with E-state index in [9.17, 15) is 17.6 Å². The third kappa shape index (κ3) is 1.78. The van der Waals surface area contributed by atoms with Crippen LogP contribution < -0.4 is 5.73 Å². The number of hydrogen-bond donors (Lipinski definition) is 2. The predicted molar refractivity (Wildman–Crippen MR) is 62.6 cm³/mol. The number of rotatable bonds is 1. The first-order chi connectivity index (χ1) is 9.38. The Balaban J connectivity index is 2.29. The number of nitrogen functional groups attached to an aromatic ring is 1. The second-order valence-corrected chi connectivity index (χ2v) is 4.07. The van der Waals surface area contributed by atoms with Crippen LogP contribution in [-0.4, -0.2) is 20.0 Å². The van der Waals surface area contributed by atoms with Gasteiger partial charge in [0.25, 0.3) is 0 Å². The van der Waals surface area contributed by atoms with E-state index in [2.05, 4.69) is 15.3 Å². The monoisotopic (exact) mass is 285 g/mol. The smallest absolute Gasteiger partial charge is 0.383 e. The van der Waals surface area contributed by atoms with Gasteiger partial charge in [-0.1, -0.05) is 0 Å². The SMILES string of the molecule is Nc1[nH]nc2c1c(C(F)(F)F)nn2-c1ccc(F)cc1. The van der Waals surface area contributed by atoms with Crippen molar-refractivity contribution in [3.8, 4) is 5.69 Å². The number of H-pyrrole nitrogens is 1. The Morgan fingerprint density at radius 1 is 1.15 bits per heavy atom. The van der Waals surface area contributed by atoms with Gasteiger partial charge in [0.1, 0.15) is 11.6 Å². The van der Waals surface area contributed by atoms with Gasteiger partial charge in [-0.2, -0.15) is 23.4 Å². The lowest BCUT2D eigenvalue weighted by Gasteiger charge is -2.03. The van der Waals surface area contributed by atoms with Gasteiger partial charge in [-0.05, 0) is 24.3 Å². The van der Waals surface area contributed by atoms with Crippen LogP contribution in [0.5, 0.6) is 0 Å². The fourth-order valence-electron chi connectivity index (χ4n) is 1.89. The molecule has 2 heterocycles. The number of anilines is 1. The summed E-state index contributed by atoms with van der Waals surface area (Å²) in [5.41, 5.74) is 4.50. The van der Waals surface area contributed by atoms with E-state index in [4.69, 9.17) is 5.73 Å². The molecule has 0 aliphatic carbocycles. The van der Waals surface area contributed by atoms with Crippen molar-refractivity contribution >= 4 is 16.9 Å². The van der Waals surface area contributed by atoms with Crippen LogP contribution in [0.25, 0.3) is 16.7 Å². The molecule has 0 radical (unpaired) electrons. The molecule has 9 heteroatoms. The number of halogens is 4. The quantitative estimate of drug-likeness (QED) is 0.675. The van der Waals surface area contributed by atoms with Crippen molar-refractivity contribution in [2.75, 3.05) is 5.73 Å². The van der Waals surface area contributed by atoms with Gasteiger partial charge in [-0.15, -0.1) is 0 Å². The molecule has 3 N–H and O–H groups in total. The van der Waals surface area contributed by atoms with Crippen LogP contribution in [0.2, 0.25) is 0 Å². The average molecular weight is 285 g/mol. The summed E-state index contributed by atoms with van der Waals surface area (Å²) in [6.45, 7) is 0. The highest BCUT2D eigenvalue weighted by molar-refractivity contribution is 5.90. The predicted octanol–water partition coefficient (Wildman–Crippen LogP) is 2.49. The zero-order chi connectivity index (χ0) is 14.5. The van der Waals surface area contributed by atoms with E-state index in [0.29, 0.717) is 0 Å². The standard InChI is InChI=1S/C11H7F4N5/c12-5-1-3-6(4-2-5)20-10-7(9(16)17-18-10)8(19-20)11(13,14)15/h1-4H,(H3,16,17,18). The van der Waals surface area contributed by atoms with Crippen LogP contribution in [0.1, 0.15) is 5.69 Å². The first-order valence-corrected chi connectivity index (χ1v) is 5.43. The Bertz CT molecular complexity index is 769. The van der Waals surface area contributed by atoms with E-state index >= 15 is 0 Å². The second-order valence-electron chi connectivity index (χ2n) is 4.07. The van der Waals surface area contributed by atoms with E-state index in [1.165, 1.54) is 12.1 Å². The van der Waals surface area contributed by atoms with Gasteiger partial charge in [0.2, 0.25) is 0 Å². The molecule has 3 rings (SSSR count). The highest BCUT2D eigenvalue weighted by Crippen LogP contribution is 2.36. The Hall–Kier alpha value is -2.58. The summed E-state index contributed by atoms with van der Waals surface area (Å²) in [4.78, 5) is 0. The molecule has 5 nitrogen and oxygen atoms in total. The second kappa shape index (κ2) is 3.95. The maximum atomic E-state index is 12.9. The summed E-state index contributed by atoms with van der Waals surface area (Å²) in [6, 6.07) is 4.83. The third-order valence-corrected chi connectivity index (χ3v) is 2.75. The summed E-state index contributed by atoms with van der Waals surface area (Å²) >= 11 is 0. The molecule has 0 spiro atoms. The molecule has 0 amide bonds. The molecule has 2 aromatic heterocycles. The number of nitrogens with one attached hydrogen (secondary N) is 1. The molecule has 1 aromatic carbocycles. The number of hydrogen-bond acceptors (Lipinski definition) is 3. The Morgan fingerprint density at radius 2 is 1.80 bits per heavy atom. The van der Waals surface area contributed by atoms with Crippen LogP contribution >= 0.6 is 0 Å². The highest BCUT2D eigenvalue weighted by Gasteiger charge is 2.39. The van der Waals surface area contributed by atoms with Gasteiger partial charge in [-0.3, -0.25) is 5.10 Å². The van der Waals surface area contributed by atoms with E-state index in [1.807, 2.05) is 0 Å². The van der Waals surface area contributed by atoms with Gasteiger partial charge in [-0.25, -0.2) is 9.07 Å². The zero-order valence-corrected chi connectivity index (χ0v) is 9.74. The minimum absolute atomic E-state index is 0.0681.